The van der Waals surface area contributed by atoms with Crippen molar-refractivity contribution in [3.8, 4) is 5.75 Å². The Bertz CT molecular complexity index is 777. The molecular formula is C21H23NO. The molecule has 0 amide bonds. The molecular weight excluding hydrogens is 282 g/mol. The largest absolute Gasteiger partial charge is 0.496 e. The maximum atomic E-state index is 5.46. The monoisotopic (exact) mass is 305 g/mol. The topological polar surface area (TPSA) is 21.3 Å². The SMILES string of the molecule is COc1ccc(CCNCc2ccc(C)cc2)c2ccccc12. The maximum absolute atomic E-state index is 5.46. The quantitative estimate of drug-likeness (QED) is 0.678. The predicted molar refractivity (Wildman–Crippen MR) is 97.1 cm³/mol. The van der Waals surface area contributed by atoms with E-state index in [9.17, 15) is 0 Å². The number of fused-ring (bicyclic) bond motifs is 1. The number of aryl methyl sites for hydroxylation is 1. The van der Waals surface area contributed by atoms with Crippen molar-refractivity contribution in [2.45, 2.75) is 19.9 Å². The molecule has 0 fully saturated rings. The third kappa shape index (κ3) is 3.72. The Hall–Kier alpha value is -2.32. The van der Waals surface area contributed by atoms with Crippen LogP contribution in [0.2, 0.25) is 0 Å². The molecule has 2 heteroatoms. The molecule has 0 aliphatic rings. The van der Waals surface area contributed by atoms with Crippen molar-refractivity contribution in [3.63, 3.8) is 0 Å². The number of rotatable bonds is 6. The normalized spacial score (nSPS) is 10.9. The zero-order valence-electron chi connectivity index (χ0n) is 13.8. The summed E-state index contributed by atoms with van der Waals surface area (Å²) in [5.41, 5.74) is 3.99. The summed E-state index contributed by atoms with van der Waals surface area (Å²) in [6, 6.07) is 21.4. The van der Waals surface area contributed by atoms with Crippen molar-refractivity contribution in [2.24, 2.45) is 0 Å². The van der Waals surface area contributed by atoms with Gasteiger partial charge in [-0.3, -0.25) is 0 Å². The predicted octanol–water partition coefficient (Wildman–Crippen LogP) is 4.49. The van der Waals surface area contributed by atoms with Gasteiger partial charge in [0.05, 0.1) is 7.11 Å². The van der Waals surface area contributed by atoms with Gasteiger partial charge < -0.3 is 10.1 Å². The second-order valence-electron chi connectivity index (χ2n) is 5.88. The standard InChI is InChI=1S/C21H23NO/c1-16-7-9-17(10-8-16)15-22-14-13-18-11-12-21(23-2)20-6-4-3-5-19(18)20/h3-12,22H,13-15H2,1-2H3. The average molecular weight is 305 g/mol. The molecule has 0 unspecified atom stereocenters. The van der Waals surface area contributed by atoms with E-state index >= 15 is 0 Å². The highest BCUT2D eigenvalue weighted by Crippen LogP contribution is 2.28. The van der Waals surface area contributed by atoms with Crippen LogP contribution in [0.5, 0.6) is 5.75 Å². The first-order valence-corrected chi connectivity index (χ1v) is 8.09. The van der Waals surface area contributed by atoms with Crippen LogP contribution >= 0.6 is 0 Å². The summed E-state index contributed by atoms with van der Waals surface area (Å²) in [4.78, 5) is 0. The molecule has 0 radical (unpaired) electrons. The van der Waals surface area contributed by atoms with Crippen molar-refractivity contribution in [3.05, 3.63) is 77.4 Å². The first-order chi connectivity index (χ1) is 11.3. The Morgan fingerprint density at radius 3 is 2.35 bits per heavy atom. The Kier molecular flexibility index (Phi) is 4.94. The van der Waals surface area contributed by atoms with Gasteiger partial charge in [0.25, 0.3) is 0 Å². The van der Waals surface area contributed by atoms with Crippen LogP contribution in [0.3, 0.4) is 0 Å². The first kappa shape index (κ1) is 15.6. The summed E-state index contributed by atoms with van der Waals surface area (Å²) in [5, 5.41) is 6.00. The lowest BCUT2D eigenvalue weighted by molar-refractivity contribution is 0.419. The van der Waals surface area contributed by atoms with Gasteiger partial charge in [0.2, 0.25) is 0 Å². The Balaban J connectivity index is 1.64. The van der Waals surface area contributed by atoms with Crippen LogP contribution in [0, 0.1) is 6.92 Å². The van der Waals surface area contributed by atoms with Crippen LogP contribution in [0.4, 0.5) is 0 Å². The number of hydrogen-bond acceptors (Lipinski definition) is 2. The molecule has 3 rings (SSSR count). The molecule has 1 N–H and O–H groups in total. The van der Waals surface area contributed by atoms with Crippen LogP contribution in [-0.4, -0.2) is 13.7 Å². The number of nitrogens with one attached hydrogen (secondary N) is 1. The molecule has 0 aliphatic carbocycles. The van der Waals surface area contributed by atoms with Crippen LogP contribution in [-0.2, 0) is 13.0 Å². The summed E-state index contributed by atoms with van der Waals surface area (Å²) in [6.45, 7) is 3.99. The number of ether oxygens (including phenoxy) is 1. The van der Waals surface area contributed by atoms with Crippen molar-refractivity contribution in [2.75, 3.05) is 13.7 Å². The van der Waals surface area contributed by atoms with Crippen molar-refractivity contribution in [1.82, 2.24) is 5.32 Å². The fourth-order valence-corrected chi connectivity index (χ4v) is 2.89. The second kappa shape index (κ2) is 7.30. The molecule has 3 aromatic carbocycles. The van der Waals surface area contributed by atoms with E-state index in [1.165, 1.54) is 27.5 Å². The van der Waals surface area contributed by atoms with E-state index in [-0.39, 0.29) is 0 Å². The van der Waals surface area contributed by atoms with Crippen molar-refractivity contribution < 1.29 is 4.74 Å². The molecule has 0 bridgehead atoms. The zero-order chi connectivity index (χ0) is 16.1. The molecule has 0 saturated carbocycles. The van der Waals surface area contributed by atoms with E-state index in [0.717, 1.165) is 25.3 Å². The minimum absolute atomic E-state index is 0.911. The molecule has 2 nitrogen and oxygen atoms in total. The number of hydrogen-bond donors (Lipinski definition) is 1. The lowest BCUT2D eigenvalue weighted by Gasteiger charge is -2.11. The first-order valence-electron chi connectivity index (χ1n) is 8.09. The molecule has 0 aliphatic heterocycles. The van der Waals surface area contributed by atoms with Gasteiger partial charge in [0.15, 0.2) is 0 Å². The molecule has 23 heavy (non-hydrogen) atoms. The van der Waals surface area contributed by atoms with Crippen molar-refractivity contribution >= 4 is 10.8 Å². The Morgan fingerprint density at radius 1 is 0.870 bits per heavy atom. The molecule has 0 heterocycles. The number of methoxy groups -OCH3 is 1. The molecule has 3 aromatic rings. The van der Waals surface area contributed by atoms with Gasteiger partial charge in [-0.25, -0.2) is 0 Å². The smallest absolute Gasteiger partial charge is 0.126 e. The van der Waals surface area contributed by atoms with E-state index in [1.54, 1.807) is 7.11 Å². The fourth-order valence-electron chi connectivity index (χ4n) is 2.89. The Labute approximate surface area is 138 Å². The Morgan fingerprint density at radius 2 is 1.61 bits per heavy atom. The summed E-state index contributed by atoms with van der Waals surface area (Å²) in [7, 11) is 1.73. The summed E-state index contributed by atoms with van der Waals surface area (Å²) >= 11 is 0. The maximum Gasteiger partial charge on any atom is 0.126 e. The van der Waals surface area contributed by atoms with E-state index in [4.69, 9.17) is 4.74 Å². The zero-order valence-corrected chi connectivity index (χ0v) is 13.8. The summed E-state index contributed by atoms with van der Waals surface area (Å²) < 4.78 is 5.46. The average Bonchev–Trinajstić information content (AvgIpc) is 2.60. The molecule has 0 saturated heterocycles. The van der Waals surface area contributed by atoms with E-state index in [0.29, 0.717) is 0 Å². The van der Waals surface area contributed by atoms with E-state index in [2.05, 4.69) is 72.9 Å². The molecule has 0 atom stereocenters. The minimum Gasteiger partial charge on any atom is -0.496 e. The van der Waals surface area contributed by atoms with Gasteiger partial charge >= 0.3 is 0 Å². The van der Waals surface area contributed by atoms with E-state index < -0.39 is 0 Å². The number of benzene rings is 3. The van der Waals surface area contributed by atoms with Crippen LogP contribution in [0.1, 0.15) is 16.7 Å². The van der Waals surface area contributed by atoms with Gasteiger partial charge in [0.1, 0.15) is 5.75 Å². The summed E-state index contributed by atoms with van der Waals surface area (Å²) in [6.07, 6.45) is 1.01. The van der Waals surface area contributed by atoms with Gasteiger partial charge in [-0.05, 0) is 42.5 Å². The lowest BCUT2D eigenvalue weighted by Crippen LogP contribution is -2.16. The molecule has 118 valence electrons. The van der Waals surface area contributed by atoms with Crippen LogP contribution in [0.15, 0.2) is 60.7 Å². The van der Waals surface area contributed by atoms with Crippen molar-refractivity contribution in [1.29, 1.82) is 0 Å². The third-order valence-electron chi connectivity index (χ3n) is 4.22. The third-order valence-corrected chi connectivity index (χ3v) is 4.22. The minimum atomic E-state index is 0.911. The highest BCUT2D eigenvalue weighted by atomic mass is 16.5. The fraction of sp³-hybridized carbons (Fsp3) is 0.238. The summed E-state index contributed by atoms with van der Waals surface area (Å²) in [5.74, 6) is 0.942. The van der Waals surface area contributed by atoms with Gasteiger partial charge in [0, 0.05) is 11.9 Å². The lowest BCUT2D eigenvalue weighted by atomic mass is 10.0. The molecule has 0 aromatic heterocycles. The highest BCUT2D eigenvalue weighted by Gasteiger charge is 2.05. The van der Waals surface area contributed by atoms with Crippen LogP contribution < -0.4 is 10.1 Å². The van der Waals surface area contributed by atoms with Gasteiger partial charge in [-0.1, -0.05) is 60.2 Å². The molecule has 0 spiro atoms. The second-order valence-corrected chi connectivity index (χ2v) is 5.88. The van der Waals surface area contributed by atoms with E-state index in [1.807, 2.05) is 0 Å². The van der Waals surface area contributed by atoms with Gasteiger partial charge in [-0.15, -0.1) is 0 Å². The van der Waals surface area contributed by atoms with Gasteiger partial charge in [-0.2, -0.15) is 0 Å². The van der Waals surface area contributed by atoms with Crippen LogP contribution in [0.25, 0.3) is 10.8 Å². The highest BCUT2D eigenvalue weighted by molar-refractivity contribution is 5.91.